The number of aryl methyl sites for hydroxylation is 3. The second-order valence-corrected chi connectivity index (χ2v) is 7.25. The number of carbonyl (C=O) groups excluding carboxylic acids is 1. The van der Waals surface area contributed by atoms with Crippen molar-refractivity contribution in [3.8, 4) is 0 Å². The van der Waals surface area contributed by atoms with E-state index in [1.807, 2.05) is 50.2 Å². The van der Waals surface area contributed by atoms with Crippen molar-refractivity contribution in [2.24, 2.45) is 7.05 Å². The number of hydrogen-bond acceptors (Lipinski definition) is 4. The molecule has 1 aliphatic heterocycles. The van der Waals surface area contributed by atoms with Gasteiger partial charge in [-0.3, -0.25) is 9.78 Å². The molecule has 6 heteroatoms. The Morgan fingerprint density at radius 1 is 1.07 bits per heavy atom. The van der Waals surface area contributed by atoms with E-state index in [1.54, 1.807) is 6.20 Å². The zero-order valence-electron chi connectivity index (χ0n) is 16.1. The molecule has 27 heavy (non-hydrogen) atoms. The molecule has 1 saturated heterocycles. The Labute approximate surface area is 159 Å². The molecule has 0 bridgehead atoms. The van der Waals surface area contributed by atoms with Gasteiger partial charge in [-0.25, -0.2) is 4.98 Å². The number of rotatable bonds is 2. The van der Waals surface area contributed by atoms with Crippen LogP contribution < -0.4 is 4.90 Å². The number of fused-ring (bicyclic) bond motifs is 1. The van der Waals surface area contributed by atoms with E-state index in [-0.39, 0.29) is 5.91 Å². The van der Waals surface area contributed by atoms with Crippen LogP contribution in [0.5, 0.6) is 0 Å². The van der Waals surface area contributed by atoms with Crippen molar-refractivity contribution in [2.75, 3.05) is 31.1 Å². The fraction of sp³-hybridized carbons (Fsp3) is 0.381. The normalized spacial score (nSPS) is 15.2. The predicted molar refractivity (Wildman–Crippen MR) is 107 cm³/mol. The van der Waals surface area contributed by atoms with E-state index < -0.39 is 0 Å². The third-order valence-corrected chi connectivity index (χ3v) is 5.27. The van der Waals surface area contributed by atoms with E-state index in [1.165, 1.54) is 0 Å². The summed E-state index contributed by atoms with van der Waals surface area (Å²) in [5.74, 6) is 1.04. The molecule has 0 aliphatic carbocycles. The van der Waals surface area contributed by atoms with Crippen molar-refractivity contribution in [1.29, 1.82) is 0 Å². The molecule has 2 aromatic heterocycles. The average Bonchev–Trinajstić information content (AvgIpc) is 2.89. The highest BCUT2D eigenvalue weighted by Crippen LogP contribution is 2.20. The van der Waals surface area contributed by atoms with Gasteiger partial charge in [-0.15, -0.1) is 0 Å². The predicted octanol–water partition coefficient (Wildman–Crippen LogP) is 2.94. The van der Waals surface area contributed by atoms with Gasteiger partial charge in [0.05, 0.1) is 11.4 Å². The van der Waals surface area contributed by atoms with Crippen LogP contribution in [0.3, 0.4) is 0 Å². The van der Waals surface area contributed by atoms with Crippen molar-refractivity contribution < 1.29 is 4.79 Å². The highest BCUT2D eigenvalue weighted by molar-refractivity contribution is 5.98. The molecule has 0 spiro atoms. The van der Waals surface area contributed by atoms with E-state index in [4.69, 9.17) is 0 Å². The van der Waals surface area contributed by atoms with E-state index in [0.29, 0.717) is 6.54 Å². The first kappa shape index (κ1) is 17.5. The maximum absolute atomic E-state index is 13.1. The van der Waals surface area contributed by atoms with Gasteiger partial charge in [0.1, 0.15) is 5.82 Å². The molecule has 0 N–H and O–H groups in total. The van der Waals surface area contributed by atoms with Crippen LogP contribution in [0, 0.1) is 13.8 Å². The van der Waals surface area contributed by atoms with Crippen molar-refractivity contribution in [2.45, 2.75) is 20.3 Å². The average molecular weight is 363 g/mol. The van der Waals surface area contributed by atoms with Crippen LogP contribution >= 0.6 is 0 Å². The van der Waals surface area contributed by atoms with E-state index in [2.05, 4.69) is 25.5 Å². The smallest absolute Gasteiger partial charge is 0.253 e. The van der Waals surface area contributed by atoms with E-state index >= 15 is 0 Å². The Kier molecular flexibility index (Phi) is 4.56. The van der Waals surface area contributed by atoms with Crippen LogP contribution in [0.1, 0.15) is 28.2 Å². The lowest BCUT2D eigenvalue weighted by molar-refractivity contribution is 0.0767. The maximum atomic E-state index is 13.1. The fourth-order valence-electron chi connectivity index (χ4n) is 3.73. The van der Waals surface area contributed by atoms with Crippen LogP contribution in [0.2, 0.25) is 0 Å². The number of benzene rings is 1. The first-order chi connectivity index (χ1) is 13.0. The van der Waals surface area contributed by atoms with Gasteiger partial charge in [-0.05, 0) is 43.9 Å². The largest absolute Gasteiger partial charge is 0.353 e. The monoisotopic (exact) mass is 363 g/mol. The summed E-state index contributed by atoms with van der Waals surface area (Å²) in [6.45, 7) is 7.07. The third kappa shape index (κ3) is 3.39. The van der Waals surface area contributed by atoms with Crippen LogP contribution in [0.15, 0.2) is 36.7 Å². The lowest BCUT2D eigenvalue weighted by Crippen LogP contribution is -2.35. The van der Waals surface area contributed by atoms with Gasteiger partial charge in [0.2, 0.25) is 0 Å². The zero-order chi connectivity index (χ0) is 19.0. The molecule has 3 aromatic rings. The molecule has 0 radical (unpaired) electrons. The molecule has 0 atom stereocenters. The molecule has 140 valence electrons. The molecular weight excluding hydrogens is 338 g/mol. The SMILES string of the molecule is Cc1cnc(C)c(N2CCCN(C(=O)c3ccc4ccn(C)c4c3)CC2)n1. The third-order valence-electron chi connectivity index (χ3n) is 5.27. The topological polar surface area (TPSA) is 54.3 Å². The maximum Gasteiger partial charge on any atom is 0.253 e. The molecule has 1 amide bonds. The number of aromatic nitrogens is 3. The highest BCUT2D eigenvalue weighted by atomic mass is 16.2. The van der Waals surface area contributed by atoms with Crippen LogP contribution in [-0.4, -0.2) is 51.5 Å². The highest BCUT2D eigenvalue weighted by Gasteiger charge is 2.22. The lowest BCUT2D eigenvalue weighted by Gasteiger charge is -2.24. The summed E-state index contributed by atoms with van der Waals surface area (Å²) in [5.41, 5.74) is 3.70. The summed E-state index contributed by atoms with van der Waals surface area (Å²) in [6, 6.07) is 8.02. The molecule has 4 rings (SSSR count). The molecule has 6 nitrogen and oxygen atoms in total. The van der Waals surface area contributed by atoms with Crippen molar-refractivity contribution in [3.63, 3.8) is 0 Å². The van der Waals surface area contributed by atoms with Gasteiger partial charge in [0.25, 0.3) is 5.91 Å². The molecule has 1 aromatic carbocycles. The van der Waals surface area contributed by atoms with Crippen molar-refractivity contribution in [3.05, 3.63) is 53.6 Å². The minimum atomic E-state index is 0.104. The van der Waals surface area contributed by atoms with Crippen molar-refractivity contribution >= 4 is 22.6 Å². The fourth-order valence-corrected chi connectivity index (χ4v) is 3.73. The quantitative estimate of drug-likeness (QED) is 0.702. The summed E-state index contributed by atoms with van der Waals surface area (Å²) in [4.78, 5) is 26.4. The number of amides is 1. The van der Waals surface area contributed by atoms with Crippen LogP contribution in [-0.2, 0) is 7.05 Å². The molecule has 3 heterocycles. The summed E-state index contributed by atoms with van der Waals surface area (Å²) in [7, 11) is 2.01. The van der Waals surface area contributed by atoms with Gasteiger partial charge < -0.3 is 14.4 Å². The second kappa shape index (κ2) is 7.02. The van der Waals surface area contributed by atoms with Crippen molar-refractivity contribution in [1.82, 2.24) is 19.4 Å². The number of hydrogen-bond donors (Lipinski definition) is 0. The van der Waals surface area contributed by atoms with Gasteiger partial charge in [0.15, 0.2) is 0 Å². The minimum absolute atomic E-state index is 0.104. The zero-order valence-corrected chi connectivity index (χ0v) is 16.1. The second-order valence-electron chi connectivity index (χ2n) is 7.25. The standard InChI is InChI=1S/C21H25N5O/c1-15-14-22-16(2)20(23-15)25-8-4-9-26(12-11-25)21(27)18-6-5-17-7-10-24(3)19(17)13-18/h5-7,10,13-14H,4,8-9,11-12H2,1-3H3. The summed E-state index contributed by atoms with van der Waals surface area (Å²) >= 11 is 0. The first-order valence-corrected chi connectivity index (χ1v) is 9.42. The van der Waals surface area contributed by atoms with Gasteiger partial charge in [-0.1, -0.05) is 6.07 Å². The first-order valence-electron chi connectivity index (χ1n) is 9.42. The van der Waals surface area contributed by atoms with E-state index in [0.717, 1.165) is 59.7 Å². The number of nitrogens with zero attached hydrogens (tertiary/aromatic N) is 5. The number of carbonyl (C=O) groups is 1. The number of anilines is 1. The van der Waals surface area contributed by atoms with Gasteiger partial charge in [-0.2, -0.15) is 0 Å². The summed E-state index contributed by atoms with van der Waals surface area (Å²) in [6.07, 6.45) is 4.74. The lowest BCUT2D eigenvalue weighted by atomic mass is 10.1. The van der Waals surface area contributed by atoms with Gasteiger partial charge in [0, 0.05) is 56.7 Å². The Hall–Kier alpha value is -2.89. The van der Waals surface area contributed by atoms with Gasteiger partial charge >= 0.3 is 0 Å². The summed E-state index contributed by atoms with van der Waals surface area (Å²) < 4.78 is 2.05. The van der Waals surface area contributed by atoms with Crippen LogP contribution in [0.25, 0.3) is 10.9 Å². The Morgan fingerprint density at radius 3 is 2.78 bits per heavy atom. The minimum Gasteiger partial charge on any atom is -0.353 e. The molecular formula is C21H25N5O. The molecule has 1 aliphatic rings. The Balaban J connectivity index is 1.52. The van der Waals surface area contributed by atoms with Crippen LogP contribution in [0.4, 0.5) is 5.82 Å². The Bertz CT molecular complexity index is 993. The molecule has 1 fully saturated rings. The molecule has 0 saturated carbocycles. The Morgan fingerprint density at radius 2 is 1.93 bits per heavy atom. The summed E-state index contributed by atoms with van der Waals surface area (Å²) in [5, 5.41) is 1.16. The van der Waals surface area contributed by atoms with E-state index in [9.17, 15) is 4.79 Å². The molecule has 0 unspecified atom stereocenters.